The van der Waals surface area contributed by atoms with Gasteiger partial charge in [-0.2, -0.15) is 17.0 Å². The number of hydrogen-bond acceptors (Lipinski definition) is 3. The summed E-state index contributed by atoms with van der Waals surface area (Å²) in [6, 6.07) is 0.751. The molecule has 20 heavy (non-hydrogen) atoms. The number of hydrogen-bond donors (Lipinski definition) is 1. The lowest BCUT2D eigenvalue weighted by Crippen LogP contribution is -2.47. The van der Waals surface area contributed by atoms with Crippen LogP contribution < -0.4 is 5.32 Å². The first-order valence-electron chi connectivity index (χ1n) is 8.00. The van der Waals surface area contributed by atoms with E-state index in [2.05, 4.69) is 5.32 Å². The molecule has 1 saturated heterocycles. The van der Waals surface area contributed by atoms with Crippen LogP contribution in [-0.2, 0) is 10.2 Å². The number of rotatable bonds is 7. The second kappa shape index (κ2) is 5.91. The van der Waals surface area contributed by atoms with Crippen molar-refractivity contribution in [3.05, 3.63) is 0 Å². The molecule has 1 N–H and O–H groups in total. The van der Waals surface area contributed by atoms with Crippen LogP contribution in [0.4, 0.5) is 0 Å². The molecule has 2 aliphatic carbocycles. The van der Waals surface area contributed by atoms with Crippen LogP contribution in [0, 0.1) is 11.8 Å². The van der Waals surface area contributed by atoms with Crippen LogP contribution in [0.25, 0.3) is 0 Å². The van der Waals surface area contributed by atoms with Crippen LogP contribution in [0.5, 0.6) is 0 Å². The van der Waals surface area contributed by atoms with Gasteiger partial charge in [-0.1, -0.05) is 0 Å². The van der Waals surface area contributed by atoms with Gasteiger partial charge in [0.25, 0.3) is 10.2 Å². The SMILES string of the molecule is CN(CC1CC1)S(=O)(=O)N1CCC(CNC2CC2)CC1. The van der Waals surface area contributed by atoms with Crippen molar-refractivity contribution in [3.63, 3.8) is 0 Å². The van der Waals surface area contributed by atoms with Gasteiger partial charge in [0.1, 0.15) is 0 Å². The Labute approximate surface area is 122 Å². The van der Waals surface area contributed by atoms with Crippen molar-refractivity contribution >= 4 is 10.2 Å². The Morgan fingerprint density at radius 2 is 1.70 bits per heavy atom. The maximum Gasteiger partial charge on any atom is 0.281 e. The van der Waals surface area contributed by atoms with Gasteiger partial charge in [-0.15, -0.1) is 0 Å². The second-order valence-corrected chi connectivity index (χ2v) is 8.79. The van der Waals surface area contributed by atoms with E-state index in [1.165, 1.54) is 25.7 Å². The lowest BCUT2D eigenvalue weighted by atomic mass is 9.98. The fourth-order valence-electron chi connectivity index (χ4n) is 2.92. The smallest absolute Gasteiger partial charge is 0.281 e. The minimum Gasteiger partial charge on any atom is -0.314 e. The molecule has 116 valence electrons. The second-order valence-electron chi connectivity index (χ2n) is 6.76. The standard InChI is InChI=1S/C14H27N3O2S/c1-16(11-13-2-3-13)20(18,19)17-8-6-12(7-9-17)10-15-14-4-5-14/h12-15H,2-11H2,1H3. The molecule has 2 saturated carbocycles. The van der Waals surface area contributed by atoms with Gasteiger partial charge in [0.05, 0.1) is 0 Å². The minimum absolute atomic E-state index is 0.607. The van der Waals surface area contributed by atoms with Gasteiger partial charge in [0, 0.05) is 32.7 Å². The van der Waals surface area contributed by atoms with Gasteiger partial charge in [0.15, 0.2) is 0 Å². The molecule has 0 bridgehead atoms. The normalized spacial score (nSPS) is 26.3. The van der Waals surface area contributed by atoms with E-state index in [-0.39, 0.29) is 0 Å². The van der Waals surface area contributed by atoms with Gasteiger partial charge < -0.3 is 5.32 Å². The van der Waals surface area contributed by atoms with Crippen molar-refractivity contribution in [2.45, 2.75) is 44.6 Å². The molecule has 1 heterocycles. The Morgan fingerprint density at radius 1 is 1.05 bits per heavy atom. The van der Waals surface area contributed by atoms with E-state index in [4.69, 9.17) is 0 Å². The monoisotopic (exact) mass is 301 g/mol. The van der Waals surface area contributed by atoms with E-state index in [0.717, 1.165) is 25.4 Å². The lowest BCUT2D eigenvalue weighted by molar-refractivity contribution is 0.252. The topological polar surface area (TPSA) is 52.7 Å². The highest BCUT2D eigenvalue weighted by molar-refractivity contribution is 7.86. The van der Waals surface area contributed by atoms with Crippen molar-refractivity contribution in [3.8, 4) is 0 Å². The van der Waals surface area contributed by atoms with Gasteiger partial charge >= 0.3 is 0 Å². The van der Waals surface area contributed by atoms with Gasteiger partial charge in [-0.05, 0) is 56.9 Å². The molecule has 0 aromatic rings. The summed E-state index contributed by atoms with van der Waals surface area (Å²) in [6.45, 7) is 3.14. The molecule has 0 unspecified atom stereocenters. The van der Waals surface area contributed by atoms with Crippen LogP contribution in [0.3, 0.4) is 0 Å². The lowest BCUT2D eigenvalue weighted by Gasteiger charge is -2.33. The quantitative estimate of drug-likeness (QED) is 0.764. The van der Waals surface area contributed by atoms with Crippen LogP contribution in [-0.4, -0.2) is 56.3 Å². The Kier molecular flexibility index (Phi) is 4.36. The van der Waals surface area contributed by atoms with E-state index < -0.39 is 10.2 Å². The Morgan fingerprint density at radius 3 is 2.25 bits per heavy atom. The van der Waals surface area contributed by atoms with E-state index in [1.54, 1.807) is 15.7 Å². The van der Waals surface area contributed by atoms with Crippen molar-refractivity contribution in [2.75, 3.05) is 33.2 Å². The van der Waals surface area contributed by atoms with Crippen LogP contribution in [0.2, 0.25) is 0 Å². The Balaban J connectivity index is 1.45. The van der Waals surface area contributed by atoms with Gasteiger partial charge in [0.2, 0.25) is 0 Å². The fraction of sp³-hybridized carbons (Fsp3) is 1.00. The molecule has 3 fully saturated rings. The molecule has 0 spiro atoms. The van der Waals surface area contributed by atoms with Gasteiger partial charge in [-0.25, -0.2) is 0 Å². The molecule has 0 aromatic heterocycles. The van der Waals surface area contributed by atoms with Crippen molar-refractivity contribution in [1.29, 1.82) is 0 Å². The van der Waals surface area contributed by atoms with E-state index >= 15 is 0 Å². The highest BCUT2D eigenvalue weighted by atomic mass is 32.2. The third kappa shape index (κ3) is 3.72. The predicted molar refractivity (Wildman–Crippen MR) is 79.6 cm³/mol. The van der Waals surface area contributed by atoms with Gasteiger partial charge in [-0.3, -0.25) is 0 Å². The van der Waals surface area contributed by atoms with E-state index in [1.807, 2.05) is 0 Å². The molecular weight excluding hydrogens is 274 g/mol. The molecule has 0 amide bonds. The fourth-order valence-corrected chi connectivity index (χ4v) is 4.39. The summed E-state index contributed by atoms with van der Waals surface area (Å²) in [7, 11) is -1.48. The first kappa shape index (κ1) is 14.8. The predicted octanol–water partition coefficient (Wildman–Crippen LogP) is 1.04. The highest BCUT2D eigenvalue weighted by Crippen LogP contribution is 2.31. The molecule has 5 nitrogen and oxygen atoms in total. The summed E-state index contributed by atoms with van der Waals surface area (Å²) in [5.74, 6) is 1.26. The van der Waals surface area contributed by atoms with Crippen molar-refractivity contribution in [2.24, 2.45) is 11.8 Å². The number of nitrogens with zero attached hydrogens (tertiary/aromatic N) is 2. The Hall–Kier alpha value is -0.170. The summed E-state index contributed by atoms with van der Waals surface area (Å²) >= 11 is 0. The molecule has 3 rings (SSSR count). The third-order valence-corrected chi connectivity index (χ3v) is 6.73. The van der Waals surface area contributed by atoms with Crippen LogP contribution in [0.1, 0.15) is 38.5 Å². The zero-order valence-corrected chi connectivity index (χ0v) is 13.2. The Bertz CT molecular complexity index is 424. The van der Waals surface area contributed by atoms with E-state index in [0.29, 0.717) is 31.5 Å². The summed E-state index contributed by atoms with van der Waals surface area (Å²) < 4.78 is 28.2. The zero-order valence-electron chi connectivity index (χ0n) is 12.4. The minimum atomic E-state index is -3.21. The molecule has 0 aromatic carbocycles. The van der Waals surface area contributed by atoms with Crippen LogP contribution in [0.15, 0.2) is 0 Å². The molecule has 0 atom stereocenters. The summed E-state index contributed by atoms with van der Waals surface area (Å²) in [5.41, 5.74) is 0. The number of piperidine rings is 1. The average Bonchev–Trinajstić information content (AvgIpc) is 3.31. The molecule has 0 radical (unpaired) electrons. The summed E-state index contributed by atoms with van der Waals surface area (Å²) in [6.07, 6.45) is 7.01. The maximum absolute atomic E-state index is 12.5. The molecule has 6 heteroatoms. The highest BCUT2D eigenvalue weighted by Gasteiger charge is 2.34. The average molecular weight is 301 g/mol. The maximum atomic E-state index is 12.5. The molecular formula is C14H27N3O2S. The molecule has 1 aliphatic heterocycles. The van der Waals surface area contributed by atoms with E-state index in [9.17, 15) is 8.42 Å². The third-order valence-electron chi connectivity index (χ3n) is 4.78. The van der Waals surface area contributed by atoms with Crippen molar-refractivity contribution < 1.29 is 8.42 Å². The summed E-state index contributed by atoms with van der Waals surface area (Å²) in [5, 5.41) is 3.56. The zero-order chi connectivity index (χ0) is 14.2. The summed E-state index contributed by atoms with van der Waals surface area (Å²) in [4.78, 5) is 0. The van der Waals surface area contributed by atoms with Crippen LogP contribution >= 0.6 is 0 Å². The number of nitrogens with one attached hydrogen (secondary N) is 1. The first-order chi connectivity index (χ1) is 9.55. The largest absolute Gasteiger partial charge is 0.314 e. The molecule has 3 aliphatic rings. The van der Waals surface area contributed by atoms with Crippen molar-refractivity contribution in [1.82, 2.24) is 13.9 Å². The first-order valence-corrected chi connectivity index (χ1v) is 9.40.